The highest BCUT2D eigenvalue weighted by Crippen LogP contribution is 2.50. The number of nitrogens with zero attached hydrogens (tertiary/aromatic N) is 3. The van der Waals surface area contributed by atoms with Crippen LogP contribution in [0.15, 0.2) is 24.5 Å². The first-order valence-corrected chi connectivity index (χ1v) is 10.6. The van der Waals surface area contributed by atoms with Gasteiger partial charge in [-0.25, -0.2) is 9.78 Å². The van der Waals surface area contributed by atoms with Crippen molar-refractivity contribution in [2.75, 3.05) is 19.0 Å². The lowest BCUT2D eigenvalue weighted by Crippen LogP contribution is -2.78. The van der Waals surface area contributed by atoms with E-state index >= 15 is 0 Å². The van der Waals surface area contributed by atoms with Gasteiger partial charge in [0.1, 0.15) is 18.5 Å². The molecule has 12 heteroatoms. The molecule has 2 fully saturated rings. The lowest BCUT2D eigenvalue weighted by atomic mass is 9.64. The number of hydrogen-bond donors (Lipinski definition) is 4. The number of aromatic nitrogens is 3. The average Bonchev–Trinajstić information content (AvgIpc) is 3.27. The Balaban J connectivity index is 1.51. The van der Waals surface area contributed by atoms with Crippen LogP contribution in [0, 0.1) is 5.92 Å². The Kier molecular flexibility index (Phi) is 6.02. The second-order valence-electron chi connectivity index (χ2n) is 8.20. The van der Waals surface area contributed by atoms with Crippen LogP contribution in [-0.2, 0) is 14.3 Å². The molecule has 4 N–H and O–H groups in total. The number of nitrogens with one attached hydrogen (secondary N) is 4. The number of carbonyl (C=O) groups excluding carboxylic acids is 3. The second kappa shape index (κ2) is 8.75. The van der Waals surface area contributed by atoms with Crippen LogP contribution in [0.3, 0.4) is 0 Å². The van der Waals surface area contributed by atoms with Crippen LogP contribution in [0.2, 0.25) is 5.02 Å². The van der Waals surface area contributed by atoms with Gasteiger partial charge >= 0.3 is 6.03 Å². The van der Waals surface area contributed by atoms with Gasteiger partial charge < -0.3 is 15.0 Å². The van der Waals surface area contributed by atoms with Crippen molar-refractivity contribution >= 4 is 35.1 Å². The number of hydrazine groups is 1. The van der Waals surface area contributed by atoms with Crippen molar-refractivity contribution < 1.29 is 19.1 Å². The number of urea groups is 1. The summed E-state index contributed by atoms with van der Waals surface area (Å²) >= 11 is 6.26. The van der Waals surface area contributed by atoms with Crippen molar-refractivity contribution in [2.45, 2.75) is 37.8 Å². The Bertz CT molecular complexity index is 1030. The first-order valence-electron chi connectivity index (χ1n) is 10.2. The number of likely N-dealkylation sites (tertiary alicyclic amines) is 1. The summed E-state index contributed by atoms with van der Waals surface area (Å²) < 4.78 is 4.75. The highest BCUT2D eigenvalue weighted by atomic mass is 35.5. The smallest absolute Gasteiger partial charge is 0.323 e. The molecule has 1 saturated carbocycles. The first-order chi connectivity index (χ1) is 15.3. The van der Waals surface area contributed by atoms with E-state index in [9.17, 15) is 14.4 Å². The normalized spacial score (nSPS) is 23.8. The molecule has 1 aliphatic heterocycles. The molecule has 3 atom stereocenters. The van der Waals surface area contributed by atoms with Gasteiger partial charge in [0.15, 0.2) is 5.82 Å². The monoisotopic (exact) mass is 461 g/mol. The van der Waals surface area contributed by atoms with Crippen LogP contribution in [0.4, 0.5) is 10.5 Å². The van der Waals surface area contributed by atoms with E-state index in [2.05, 4.69) is 38.3 Å². The summed E-state index contributed by atoms with van der Waals surface area (Å²) in [5.41, 5.74) is 4.85. The Morgan fingerprint density at radius 3 is 2.84 bits per heavy atom. The maximum atomic E-state index is 13.2. The number of amides is 4. The molecule has 11 nitrogen and oxygen atoms in total. The summed E-state index contributed by atoms with van der Waals surface area (Å²) in [7, 11) is 1.38. The van der Waals surface area contributed by atoms with Gasteiger partial charge in [0.2, 0.25) is 0 Å². The van der Waals surface area contributed by atoms with Crippen molar-refractivity contribution in [3.05, 3.63) is 29.5 Å². The molecule has 2 aromatic rings. The Labute approximate surface area is 189 Å². The standard InChI is InChI=1S/C20H24ClN7O4/c1-11-5-13-8-20(7-11,18(30)27-25-16(29)9-32-2)28(13)19(31)24-12-3-4-15(21)14(6-12)17-22-10-23-26-17/h3-4,6,10-11,13H,5,7-9H2,1-2H3,(H,24,31)(H,25,29)(H,27,30)(H,22,23,26)/t11-,13-,20?/m1/s1. The molecule has 2 bridgehead atoms. The zero-order valence-electron chi connectivity index (χ0n) is 17.6. The average molecular weight is 462 g/mol. The fourth-order valence-corrected chi connectivity index (χ4v) is 4.89. The molecule has 0 spiro atoms. The second-order valence-corrected chi connectivity index (χ2v) is 8.61. The minimum absolute atomic E-state index is 0.0554. The molecule has 2 heterocycles. The van der Waals surface area contributed by atoms with Gasteiger partial charge in [-0.1, -0.05) is 18.5 Å². The van der Waals surface area contributed by atoms with Crippen molar-refractivity contribution in [1.29, 1.82) is 0 Å². The van der Waals surface area contributed by atoms with E-state index in [0.717, 1.165) is 6.42 Å². The van der Waals surface area contributed by atoms with Crippen molar-refractivity contribution in [3.63, 3.8) is 0 Å². The zero-order chi connectivity index (χ0) is 22.9. The number of halogens is 1. The van der Waals surface area contributed by atoms with Crippen LogP contribution < -0.4 is 16.2 Å². The molecule has 1 aromatic carbocycles. The number of methoxy groups -OCH3 is 1. The number of rotatable bonds is 5. The molecule has 4 amide bonds. The quantitative estimate of drug-likeness (QED) is 0.499. The zero-order valence-corrected chi connectivity index (χ0v) is 18.4. The third-order valence-electron chi connectivity index (χ3n) is 5.88. The Morgan fingerprint density at radius 1 is 1.31 bits per heavy atom. The van der Waals surface area contributed by atoms with E-state index in [1.165, 1.54) is 13.4 Å². The maximum absolute atomic E-state index is 13.2. The van der Waals surface area contributed by atoms with Gasteiger partial charge in [0.25, 0.3) is 11.8 Å². The number of carbonyl (C=O) groups is 3. The van der Waals surface area contributed by atoms with E-state index < -0.39 is 23.4 Å². The van der Waals surface area contributed by atoms with E-state index in [0.29, 0.717) is 34.9 Å². The van der Waals surface area contributed by atoms with Crippen LogP contribution in [0.25, 0.3) is 11.4 Å². The van der Waals surface area contributed by atoms with Crippen molar-refractivity contribution in [3.8, 4) is 11.4 Å². The van der Waals surface area contributed by atoms with Crippen LogP contribution in [0.1, 0.15) is 26.2 Å². The van der Waals surface area contributed by atoms with Gasteiger partial charge in [-0.2, -0.15) is 5.10 Å². The molecular weight excluding hydrogens is 438 g/mol. The van der Waals surface area contributed by atoms with Crippen molar-refractivity contribution in [1.82, 2.24) is 30.9 Å². The number of piperidine rings is 1. The molecule has 4 rings (SSSR count). The number of anilines is 1. The summed E-state index contributed by atoms with van der Waals surface area (Å²) in [5, 5.41) is 9.89. The third kappa shape index (κ3) is 4.00. The third-order valence-corrected chi connectivity index (χ3v) is 6.21. The summed E-state index contributed by atoms with van der Waals surface area (Å²) in [4.78, 5) is 43.5. The van der Waals surface area contributed by atoms with Crippen molar-refractivity contribution in [2.24, 2.45) is 5.92 Å². The minimum Gasteiger partial charge on any atom is -0.375 e. The summed E-state index contributed by atoms with van der Waals surface area (Å²) in [6.45, 7) is 1.87. The van der Waals surface area contributed by atoms with Gasteiger partial charge in [-0.15, -0.1) is 0 Å². The largest absolute Gasteiger partial charge is 0.375 e. The summed E-state index contributed by atoms with van der Waals surface area (Å²) in [6, 6.07) is 4.58. The van der Waals surface area contributed by atoms with E-state index in [1.54, 1.807) is 23.1 Å². The fourth-order valence-electron chi connectivity index (χ4n) is 4.68. The maximum Gasteiger partial charge on any atom is 0.323 e. The minimum atomic E-state index is -1.02. The molecule has 170 valence electrons. The number of fused-ring (bicyclic) bond motifs is 2. The molecule has 2 aliphatic rings. The molecule has 1 aliphatic carbocycles. The number of ether oxygens (including phenoxy) is 1. The molecule has 32 heavy (non-hydrogen) atoms. The van der Waals surface area contributed by atoms with E-state index in [1.807, 2.05) is 0 Å². The van der Waals surface area contributed by atoms with Crippen LogP contribution in [0.5, 0.6) is 0 Å². The number of aromatic amines is 1. The fraction of sp³-hybridized carbons (Fsp3) is 0.450. The predicted molar refractivity (Wildman–Crippen MR) is 115 cm³/mol. The molecule has 1 unspecified atom stereocenters. The molecular formula is C20H24ClN7O4. The van der Waals surface area contributed by atoms with Gasteiger partial charge in [0.05, 0.1) is 5.02 Å². The summed E-state index contributed by atoms with van der Waals surface area (Å²) in [5.74, 6) is -0.150. The van der Waals surface area contributed by atoms with E-state index in [4.69, 9.17) is 16.3 Å². The van der Waals surface area contributed by atoms with Gasteiger partial charge in [-0.3, -0.25) is 25.5 Å². The number of benzene rings is 1. The van der Waals surface area contributed by atoms with Gasteiger partial charge in [-0.05, 0) is 37.0 Å². The SMILES string of the molecule is COCC(=O)NNC(=O)C12C[C@H](C)C[C@H](C1)N2C(=O)Nc1ccc(Cl)c(-c2ncn[nH]2)c1. The number of hydrogen-bond acceptors (Lipinski definition) is 6. The molecule has 1 saturated heterocycles. The molecule has 0 radical (unpaired) electrons. The van der Waals surface area contributed by atoms with Crippen LogP contribution >= 0.6 is 11.6 Å². The lowest BCUT2D eigenvalue weighted by molar-refractivity contribution is -0.157. The first kappa shape index (κ1) is 22.0. The van der Waals surface area contributed by atoms with Gasteiger partial charge in [0, 0.05) is 30.8 Å². The lowest BCUT2D eigenvalue weighted by Gasteiger charge is -2.61. The van der Waals surface area contributed by atoms with E-state index in [-0.39, 0.29) is 18.6 Å². The topological polar surface area (TPSA) is 141 Å². The number of H-pyrrole nitrogens is 1. The predicted octanol–water partition coefficient (Wildman–Crippen LogP) is 1.69. The highest BCUT2D eigenvalue weighted by molar-refractivity contribution is 6.33. The highest BCUT2D eigenvalue weighted by Gasteiger charge is 2.62. The van der Waals surface area contributed by atoms with Crippen LogP contribution in [-0.4, -0.2) is 63.2 Å². The Hall–Kier alpha value is -3.18. The molecule has 1 aromatic heterocycles. The Morgan fingerprint density at radius 2 is 2.12 bits per heavy atom. The summed E-state index contributed by atoms with van der Waals surface area (Å²) in [6.07, 6.45) is 3.23.